The molecule has 1 aromatic rings. The van der Waals surface area contributed by atoms with Crippen molar-refractivity contribution >= 4 is 11.3 Å². The molecule has 3 nitrogen and oxygen atoms in total. The Kier molecular flexibility index (Phi) is 3.22. The first kappa shape index (κ1) is 10.7. The van der Waals surface area contributed by atoms with Gasteiger partial charge in [0.05, 0.1) is 6.04 Å². The monoisotopic (exact) mass is 238 g/mol. The molecule has 1 aliphatic carbocycles. The molecule has 0 radical (unpaired) electrons. The van der Waals surface area contributed by atoms with E-state index in [2.05, 4.69) is 15.7 Å². The summed E-state index contributed by atoms with van der Waals surface area (Å²) in [6.07, 6.45) is 6.94. The third-order valence-electron chi connectivity index (χ3n) is 3.45. The van der Waals surface area contributed by atoms with Gasteiger partial charge in [0.1, 0.15) is 5.01 Å². The number of aromatic nitrogens is 1. The molecule has 1 N–H and O–H groups in total. The van der Waals surface area contributed by atoms with Crippen molar-refractivity contribution in [3.8, 4) is 0 Å². The second-order valence-corrected chi connectivity index (χ2v) is 5.66. The summed E-state index contributed by atoms with van der Waals surface area (Å²) in [5, 5.41) is 7.14. The van der Waals surface area contributed by atoms with Crippen LogP contribution in [0.3, 0.4) is 0 Å². The van der Waals surface area contributed by atoms with Crippen molar-refractivity contribution in [2.45, 2.75) is 37.8 Å². The summed E-state index contributed by atoms with van der Waals surface area (Å²) in [6, 6.07) is 1.13. The first-order valence-corrected chi connectivity index (χ1v) is 7.04. The van der Waals surface area contributed by atoms with E-state index in [0.717, 1.165) is 32.0 Å². The normalized spacial score (nSPS) is 24.5. The minimum absolute atomic E-state index is 0.503. The highest BCUT2D eigenvalue weighted by Gasteiger charge is 2.35. The van der Waals surface area contributed by atoms with Crippen LogP contribution in [0.15, 0.2) is 11.6 Å². The Morgan fingerprint density at radius 2 is 2.12 bits per heavy atom. The number of nitrogens with one attached hydrogen (secondary N) is 1. The van der Waals surface area contributed by atoms with Crippen LogP contribution in [0.2, 0.25) is 0 Å². The molecular weight excluding hydrogens is 220 g/mol. The van der Waals surface area contributed by atoms with Gasteiger partial charge in [-0.15, -0.1) is 11.3 Å². The maximum Gasteiger partial charge on any atom is 0.110 e. The van der Waals surface area contributed by atoms with E-state index in [1.807, 2.05) is 6.20 Å². The highest BCUT2D eigenvalue weighted by Crippen LogP contribution is 2.42. The lowest BCUT2D eigenvalue weighted by Crippen LogP contribution is -2.38. The van der Waals surface area contributed by atoms with E-state index < -0.39 is 0 Å². The molecule has 1 saturated heterocycles. The number of nitrogens with zero attached hydrogens (tertiary/aromatic N) is 1. The Morgan fingerprint density at radius 1 is 1.31 bits per heavy atom. The smallest absolute Gasteiger partial charge is 0.110 e. The largest absolute Gasteiger partial charge is 0.381 e. The fourth-order valence-corrected chi connectivity index (χ4v) is 3.13. The van der Waals surface area contributed by atoms with Gasteiger partial charge in [0.2, 0.25) is 0 Å². The average molecular weight is 238 g/mol. The molecule has 0 spiro atoms. The van der Waals surface area contributed by atoms with Gasteiger partial charge >= 0.3 is 0 Å². The molecule has 1 unspecified atom stereocenters. The summed E-state index contributed by atoms with van der Waals surface area (Å²) in [5.41, 5.74) is 0. The Morgan fingerprint density at radius 3 is 2.75 bits per heavy atom. The van der Waals surface area contributed by atoms with Crippen molar-refractivity contribution < 1.29 is 4.74 Å². The molecule has 16 heavy (non-hydrogen) atoms. The first-order valence-electron chi connectivity index (χ1n) is 6.16. The van der Waals surface area contributed by atoms with Gasteiger partial charge in [-0.05, 0) is 31.6 Å². The molecule has 2 heterocycles. The summed E-state index contributed by atoms with van der Waals surface area (Å²) in [4.78, 5) is 4.47. The van der Waals surface area contributed by atoms with Crippen LogP contribution in [-0.4, -0.2) is 24.2 Å². The molecule has 1 aliphatic heterocycles. The minimum Gasteiger partial charge on any atom is -0.381 e. The van der Waals surface area contributed by atoms with Gasteiger partial charge < -0.3 is 10.1 Å². The van der Waals surface area contributed by atoms with Gasteiger partial charge in [0.15, 0.2) is 0 Å². The van der Waals surface area contributed by atoms with Crippen molar-refractivity contribution in [1.29, 1.82) is 0 Å². The number of rotatable bonds is 4. The molecule has 0 bridgehead atoms. The molecule has 1 aromatic heterocycles. The molecule has 2 aliphatic rings. The van der Waals surface area contributed by atoms with E-state index >= 15 is 0 Å². The molecular formula is C12H18N2OS. The number of hydrogen-bond acceptors (Lipinski definition) is 4. The highest BCUT2D eigenvalue weighted by molar-refractivity contribution is 7.09. The number of ether oxygens (including phenoxy) is 1. The molecule has 1 saturated carbocycles. The molecule has 88 valence electrons. The quantitative estimate of drug-likeness (QED) is 0.874. The zero-order chi connectivity index (χ0) is 10.8. The van der Waals surface area contributed by atoms with Gasteiger partial charge in [-0.2, -0.15) is 0 Å². The van der Waals surface area contributed by atoms with Gasteiger partial charge in [-0.1, -0.05) is 0 Å². The molecule has 4 heteroatoms. The third kappa shape index (κ3) is 2.44. The Labute approximate surface area is 100 Å². The predicted molar refractivity (Wildman–Crippen MR) is 64.6 cm³/mol. The lowest BCUT2D eigenvalue weighted by atomic mass is 10.1. The zero-order valence-corrected chi connectivity index (χ0v) is 10.2. The van der Waals surface area contributed by atoms with Crippen LogP contribution >= 0.6 is 11.3 Å². The Hall–Kier alpha value is -0.450. The highest BCUT2D eigenvalue weighted by atomic mass is 32.1. The summed E-state index contributed by atoms with van der Waals surface area (Å²) in [7, 11) is 0. The maximum absolute atomic E-state index is 5.40. The van der Waals surface area contributed by atoms with Gasteiger partial charge in [0, 0.05) is 30.8 Å². The van der Waals surface area contributed by atoms with Crippen LogP contribution in [0.5, 0.6) is 0 Å². The summed E-state index contributed by atoms with van der Waals surface area (Å²) >= 11 is 1.78. The standard InChI is InChI=1S/C12H18N2OS/c1-2-9(1)11(12-13-5-8-16-12)14-10-3-6-15-7-4-10/h5,8-11,14H,1-4,6-7H2. The van der Waals surface area contributed by atoms with Crippen molar-refractivity contribution in [3.63, 3.8) is 0 Å². The van der Waals surface area contributed by atoms with E-state index in [9.17, 15) is 0 Å². The van der Waals surface area contributed by atoms with Crippen molar-refractivity contribution in [1.82, 2.24) is 10.3 Å². The molecule has 0 amide bonds. The lowest BCUT2D eigenvalue weighted by Gasteiger charge is -2.27. The van der Waals surface area contributed by atoms with Crippen molar-refractivity contribution in [3.05, 3.63) is 16.6 Å². The van der Waals surface area contributed by atoms with Crippen LogP contribution in [0.25, 0.3) is 0 Å². The fraction of sp³-hybridized carbons (Fsp3) is 0.750. The van der Waals surface area contributed by atoms with Crippen LogP contribution in [0.4, 0.5) is 0 Å². The fourth-order valence-electron chi connectivity index (χ4n) is 2.34. The van der Waals surface area contributed by atoms with E-state index in [1.54, 1.807) is 11.3 Å². The number of hydrogen-bond donors (Lipinski definition) is 1. The van der Waals surface area contributed by atoms with Gasteiger partial charge in [-0.3, -0.25) is 0 Å². The van der Waals surface area contributed by atoms with Gasteiger partial charge in [0.25, 0.3) is 0 Å². The van der Waals surface area contributed by atoms with Gasteiger partial charge in [-0.25, -0.2) is 4.98 Å². The van der Waals surface area contributed by atoms with E-state index in [-0.39, 0.29) is 0 Å². The topological polar surface area (TPSA) is 34.1 Å². The van der Waals surface area contributed by atoms with Crippen LogP contribution in [0, 0.1) is 5.92 Å². The minimum atomic E-state index is 0.503. The predicted octanol–water partition coefficient (Wildman–Crippen LogP) is 2.36. The zero-order valence-electron chi connectivity index (χ0n) is 9.39. The summed E-state index contributed by atoms with van der Waals surface area (Å²) < 4.78 is 5.40. The third-order valence-corrected chi connectivity index (χ3v) is 4.31. The number of thiazole rings is 1. The summed E-state index contributed by atoms with van der Waals surface area (Å²) in [5.74, 6) is 0.828. The molecule has 3 rings (SSSR count). The van der Waals surface area contributed by atoms with E-state index in [1.165, 1.54) is 17.8 Å². The molecule has 1 atom stereocenters. The van der Waals surface area contributed by atoms with Crippen molar-refractivity contribution in [2.75, 3.05) is 13.2 Å². The van der Waals surface area contributed by atoms with Crippen LogP contribution in [0.1, 0.15) is 36.7 Å². The second kappa shape index (κ2) is 4.82. The van der Waals surface area contributed by atoms with Crippen LogP contribution in [-0.2, 0) is 4.74 Å². The van der Waals surface area contributed by atoms with E-state index in [4.69, 9.17) is 4.74 Å². The van der Waals surface area contributed by atoms with Crippen LogP contribution < -0.4 is 5.32 Å². The Bertz CT molecular complexity index is 318. The summed E-state index contributed by atoms with van der Waals surface area (Å²) in [6.45, 7) is 1.82. The average Bonchev–Trinajstić information content (AvgIpc) is 3.02. The molecule has 2 fully saturated rings. The lowest BCUT2D eigenvalue weighted by molar-refractivity contribution is 0.0739. The first-order chi connectivity index (χ1) is 7.93. The SMILES string of the molecule is c1csc(C(NC2CCOCC2)C2CC2)n1. The Balaban J connectivity index is 1.64. The second-order valence-electron chi connectivity index (χ2n) is 4.74. The van der Waals surface area contributed by atoms with Crippen molar-refractivity contribution in [2.24, 2.45) is 5.92 Å². The maximum atomic E-state index is 5.40. The van der Waals surface area contributed by atoms with E-state index in [0.29, 0.717) is 12.1 Å². The molecule has 0 aromatic carbocycles.